The van der Waals surface area contributed by atoms with E-state index in [1.807, 2.05) is 25.2 Å². The molecule has 0 atom stereocenters. The SMILES string of the molecule is CN=C(NCCc1ccccc1)NCC1(c2ccccc2Cl)CCOCC1. The quantitative estimate of drug-likeness (QED) is 0.587. The molecule has 0 radical (unpaired) electrons. The molecule has 2 aromatic carbocycles. The van der Waals surface area contributed by atoms with Crippen LogP contribution in [0.3, 0.4) is 0 Å². The van der Waals surface area contributed by atoms with Crippen LogP contribution in [0.25, 0.3) is 0 Å². The van der Waals surface area contributed by atoms with Crippen molar-refractivity contribution in [2.45, 2.75) is 24.7 Å². The van der Waals surface area contributed by atoms with Gasteiger partial charge in [0, 0.05) is 43.8 Å². The van der Waals surface area contributed by atoms with Crippen molar-refractivity contribution in [3.8, 4) is 0 Å². The first kappa shape index (κ1) is 19.7. The Morgan fingerprint density at radius 3 is 2.44 bits per heavy atom. The van der Waals surface area contributed by atoms with Gasteiger partial charge in [0.25, 0.3) is 0 Å². The molecule has 1 saturated heterocycles. The summed E-state index contributed by atoms with van der Waals surface area (Å²) in [6, 6.07) is 18.6. The highest BCUT2D eigenvalue weighted by molar-refractivity contribution is 6.31. The lowest BCUT2D eigenvalue weighted by atomic mass is 9.74. The Labute approximate surface area is 167 Å². The Bertz CT molecular complexity index is 742. The molecule has 5 heteroatoms. The number of aliphatic imine (C=N–C) groups is 1. The zero-order valence-corrected chi connectivity index (χ0v) is 16.6. The summed E-state index contributed by atoms with van der Waals surface area (Å²) in [7, 11) is 1.81. The maximum Gasteiger partial charge on any atom is 0.191 e. The molecule has 0 bridgehead atoms. The highest BCUT2D eigenvalue weighted by Crippen LogP contribution is 2.38. The van der Waals surface area contributed by atoms with Crippen molar-refractivity contribution in [2.75, 3.05) is 33.4 Å². The summed E-state index contributed by atoms with van der Waals surface area (Å²) in [5.74, 6) is 0.823. The fourth-order valence-corrected chi connectivity index (χ4v) is 3.97. The second-order valence-corrected chi connectivity index (χ2v) is 7.37. The summed E-state index contributed by atoms with van der Waals surface area (Å²) < 4.78 is 5.62. The first-order valence-electron chi connectivity index (χ1n) is 9.55. The Balaban J connectivity index is 1.61. The number of nitrogens with zero attached hydrogens (tertiary/aromatic N) is 1. The number of benzene rings is 2. The van der Waals surface area contributed by atoms with Crippen molar-refractivity contribution < 1.29 is 4.74 Å². The van der Waals surface area contributed by atoms with E-state index < -0.39 is 0 Å². The van der Waals surface area contributed by atoms with Crippen molar-refractivity contribution in [3.63, 3.8) is 0 Å². The number of guanidine groups is 1. The first-order chi connectivity index (χ1) is 13.2. The van der Waals surface area contributed by atoms with E-state index >= 15 is 0 Å². The maximum absolute atomic E-state index is 6.53. The fourth-order valence-electron chi connectivity index (χ4n) is 3.64. The molecule has 0 aliphatic carbocycles. The van der Waals surface area contributed by atoms with Gasteiger partial charge in [0.05, 0.1) is 0 Å². The average Bonchev–Trinajstić information content (AvgIpc) is 2.72. The van der Waals surface area contributed by atoms with E-state index in [0.717, 1.165) is 56.5 Å². The van der Waals surface area contributed by atoms with Gasteiger partial charge in [-0.25, -0.2) is 0 Å². The van der Waals surface area contributed by atoms with Crippen molar-refractivity contribution in [1.29, 1.82) is 0 Å². The zero-order chi connectivity index (χ0) is 19.0. The van der Waals surface area contributed by atoms with Crippen molar-refractivity contribution in [2.24, 2.45) is 4.99 Å². The molecule has 0 unspecified atom stereocenters. The van der Waals surface area contributed by atoms with Crippen LogP contribution in [0.2, 0.25) is 5.02 Å². The molecular weight excluding hydrogens is 358 g/mol. The predicted octanol–water partition coefficient (Wildman–Crippen LogP) is 3.80. The van der Waals surface area contributed by atoms with E-state index in [2.05, 4.69) is 52.0 Å². The Hall–Kier alpha value is -2.04. The summed E-state index contributed by atoms with van der Waals surface area (Å²) in [6.07, 6.45) is 2.86. The molecule has 0 spiro atoms. The Morgan fingerprint density at radius 2 is 1.74 bits per heavy atom. The number of rotatable bonds is 6. The van der Waals surface area contributed by atoms with Gasteiger partial charge in [-0.15, -0.1) is 0 Å². The van der Waals surface area contributed by atoms with Gasteiger partial charge in [0.1, 0.15) is 0 Å². The minimum Gasteiger partial charge on any atom is -0.381 e. The van der Waals surface area contributed by atoms with Crippen molar-refractivity contribution >= 4 is 17.6 Å². The smallest absolute Gasteiger partial charge is 0.191 e. The number of ether oxygens (including phenoxy) is 1. The summed E-state index contributed by atoms with van der Waals surface area (Å²) in [6.45, 7) is 3.14. The van der Waals surface area contributed by atoms with Crippen LogP contribution in [0, 0.1) is 0 Å². The number of nitrogens with one attached hydrogen (secondary N) is 2. The van der Waals surface area contributed by atoms with Gasteiger partial charge in [-0.1, -0.05) is 60.1 Å². The number of hydrogen-bond donors (Lipinski definition) is 2. The van der Waals surface area contributed by atoms with Crippen molar-refractivity contribution in [3.05, 3.63) is 70.7 Å². The third kappa shape index (κ3) is 5.24. The first-order valence-corrected chi connectivity index (χ1v) is 9.92. The van der Waals surface area contributed by atoms with Crippen LogP contribution in [0.4, 0.5) is 0 Å². The monoisotopic (exact) mass is 385 g/mol. The van der Waals surface area contributed by atoms with Gasteiger partial charge in [-0.3, -0.25) is 4.99 Å². The highest BCUT2D eigenvalue weighted by atomic mass is 35.5. The molecule has 0 amide bonds. The van der Waals surface area contributed by atoms with E-state index in [1.165, 1.54) is 11.1 Å². The molecule has 1 aliphatic heterocycles. The minimum absolute atomic E-state index is 0.0341. The second-order valence-electron chi connectivity index (χ2n) is 6.96. The topological polar surface area (TPSA) is 45.7 Å². The highest BCUT2D eigenvalue weighted by Gasteiger charge is 2.36. The van der Waals surface area contributed by atoms with Gasteiger partial charge in [-0.05, 0) is 36.5 Å². The molecule has 1 heterocycles. The zero-order valence-electron chi connectivity index (χ0n) is 15.9. The molecule has 144 valence electrons. The molecule has 2 N–H and O–H groups in total. The lowest BCUT2D eigenvalue weighted by Crippen LogP contribution is -2.48. The van der Waals surface area contributed by atoms with Gasteiger partial charge < -0.3 is 15.4 Å². The van der Waals surface area contributed by atoms with E-state index in [9.17, 15) is 0 Å². The van der Waals surface area contributed by atoms with E-state index in [1.54, 1.807) is 0 Å². The molecule has 0 aromatic heterocycles. The van der Waals surface area contributed by atoms with Gasteiger partial charge >= 0.3 is 0 Å². The van der Waals surface area contributed by atoms with Crippen molar-refractivity contribution in [1.82, 2.24) is 10.6 Å². The van der Waals surface area contributed by atoms with Gasteiger partial charge in [-0.2, -0.15) is 0 Å². The third-order valence-corrected chi connectivity index (χ3v) is 5.59. The standard InChI is InChI=1S/C22H28ClN3O/c1-24-21(25-14-11-18-7-3-2-4-8-18)26-17-22(12-15-27-16-13-22)19-9-5-6-10-20(19)23/h2-10H,11-17H2,1H3,(H2,24,25,26). The third-order valence-electron chi connectivity index (χ3n) is 5.26. The van der Waals surface area contributed by atoms with Crippen LogP contribution in [0.15, 0.2) is 59.6 Å². The normalized spacial score (nSPS) is 16.7. The Kier molecular flexibility index (Phi) is 7.13. The number of halogens is 1. The lowest BCUT2D eigenvalue weighted by molar-refractivity contribution is 0.0514. The van der Waals surface area contributed by atoms with E-state index in [4.69, 9.17) is 16.3 Å². The average molecular weight is 386 g/mol. The lowest BCUT2D eigenvalue weighted by Gasteiger charge is -2.38. The number of hydrogen-bond acceptors (Lipinski definition) is 2. The van der Waals surface area contributed by atoms with Crippen LogP contribution < -0.4 is 10.6 Å². The van der Waals surface area contributed by atoms with E-state index in [-0.39, 0.29) is 5.41 Å². The summed E-state index contributed by atoms with van der Waals surface area (Å²) >= 11 is 6.53. The largest absolute Gasteiger partial charge is 0.381 e. The Morgan fingerprint density at radius 1 is 1.04 bits per heavy atom. The predicted molar refractivity (Wildman–Crippen MR) is 113 cm³/mol. The maximum atomic E-state index is 6.53. The fraction of sp³-hybridized carbons (Fsp3) is 0.409. The van der Waals surface area contributed by atoms with Crippen LogP contribution >= 0.6 is 11.6 Å². The molecule has 3 rings (SSSR count). The van der Waals surface area contributed by atoms with Crippen LogP contribution in [0.5, 0.6) is 0 Å². The van der Waals surface area contributed by atoms with E-state index in [0.29, 0.717) is 0 Å². The molecular formula is C22H28ClN3O. The summed E-state index contributed by atoms with van der Waals surface area (Å²) in [4.78, 5) is 4.38. The summed E-state index contributed by atoms with van der Waals surface area (Å²) in [5, 5.41) is 7.76. The molecule has 1 fully saturated rings. The molecule has 27 heavy (non-hydrogen) atoms. The molecule has 1 aliphatic rings. The molecule has 2 aromatic rings. The van der Waals surface area contributed by atoms with Gasteiger partial charge in [0.2, 0.25) is 0 Å². The molecule has 4 nitrogen and oxygen atoms in total. The van der Waals surface area contributed by atoms with Crippen LogP contribution in [-0.4, -0.2) is 39.3 Å². The van der Waals surface area contributed by atoms with Crippen LogP contribution in [-0.2, 0) is 16.6 Å². The second kappa shape index (κ2) is 9.77. The van der Waals surface area contributed by atoms with Crippen LogP contribution in [0.1, 0.15) is 24.0 Å². The molecule has 0 saturated carbocycles. The minimum atomic E-state index is -0.0341. The van der Waals surface area contributed by atoms with Gasteiger partial charge in [0.15, 0.2) is 5.96 Å². The summed E-state index contributed by atoms with van der Waals surface area (Å²) in [5.41, 5.74) is 2.48.